The van der Waals surface area contributed by atoms with Gasteiger partial charge in [-0.15, -0.1) is 0 Å². The van der Waals surface area contributed by atoms with Crippen LogP contribution in [-0.2, 0) is 4.79 Å². The summed E-state index contributed by atoms with van der Waals surface area (Å²) in [5.41, 5.74) is 2.42. The Kier molecular flexibility index (Phi) is 2.34. The van der Waals surface area contributed by atoms with E-state index in [9.17, 15) is 9.59 Å². The molecule has 3 N–H and O–H groups in total. The summed E-state index contributed by atoms with van der Waals surface area (Å²) in [6.07, 6.45) is 1.75. The first-order chi connectivity index (χ1) is 10.2. The number of hydrogen-bond donors (Lipinski definition) is 3. The lowest BCUT2D eigenvalue weighted by molar-refractivity contribution is -0.120. The van der Waals surface area contributed by atoms with Gasteiger partial charge < -0.3 is 9.73 Å². The highest BCUT2D eigenvalue weighted by Crippen LogP contribution is 2.29. The molecule has 0 bridgehead atoms. The molecule has 1 aromatic carbocycles. The molecule has 7 nitrogen and oxygen atoms in total. The maximum atomic E-state index is 11.6. The van der Waals surface area contributed by atoms with Crippen molar-refractivity contribution in [2.45, 2.75) is 6.04 Å². The smallest absolute Gasteiger partial charge is 0.322 e. The van der Waals surface area contributed by atoms with E-state index in [1.807, 2.05) is 24.3 Å². The number of benzene rings is 1. The van der Waals surface area contributed by atoms with Crippen molar-refractivity contribution in [2.75, 3.05) is 0 Å². The fraction of sp³-hybridized carbons (Fsp3) is 0.0714. The monoisotopic (exact) mass is 282 g/mol. The number of nitrogens with zero attached hydrogens (tertiary/aromatic N) is 1. The second-order valence-electron chi connectivity index (χ2n) is 4.76. The van der Waals surface area contributed by atoms with Gasteiger partial charge in [0.05, 0.1) is 5.69 Å². The zero-order valence-corrected chi connectivity index (χ0v) is 10.7. The van der Waals surface area contributed by atoms with Crippen molar-refractivity contribution < 1.29 is 14.0 Å². The number of amides is 3. The fourth-order valence-electron chi connectivity index (χ4n) is 2.40. The van der Waals surface area contributed by atoms with E-state index in [1.54, 1.807) is 12.3 Å². The van der Waals surface area contributed by atoms with Crippen molar-refractivity contribution >= 4 is 22.9 Å². The Morgan fingerprint density at radius 3 is 2.76 bits per heavy atom. The zero-order valence-electron chi connectivity index (χ0n) is 10.7. The predicted octanol–water partition coefficient (Wildman–Crippen LogP) is 1.70. The summed E-state index contributed by atoms with van der Waals surface area (Å²) >= 11 is 0. The molecular weight excluding hydrogens is 272 g/mol. The summed E-state index contributed by atoms with van der Waals surface area (Å²) in [7, 11) is 0. The third-order valence-corrected chi connectivity index (χ3v) is 3.39. The molecule has 1 aliphatic heterocycles. The van der Waals surface area contributed by atoms with Gasteiger partial charge in [-0.25, -0.2) is 4.79 Å². The lowest BCUT2D eigenvalue weighted by Crippen LogP contribution is -2.22. The molecule has 0 spiro atoms. The molecule has 0 unspecified atom stereocenters. The van der Waals surface area contributed by atoms with Crippen LogP contribution in [0.3, 0.4) is 0 Å². The third-order valence-electron chi connectivity index (χ3n) is 3.39. The summed E-state index contributed by atoms with van der Waals surface area (Å²) in [6, 6.07) is 7.96. The second-order valence-corrected chi connectivity index (χ2v) is 4.76. The Bertz CT molecular complexity index is 850. The van der Waals surface area contributed by atoms with E-state index >= 15 is 0 Å². The van der Waals surface area contributed by atoms with E-state index < -0.39 is 18.0 Å². The topological polar surface area (TPSA) is 100 Å². The molecule has 1 aliphatic rings. The number of aromatic amines is 1. The average Bonchev–Trinajstić information content (AvgIpc) is 3.16. The number of aromatic nitrogens is 2. The van der Waals surface area contributed by atoms with Crippen LogP contribution in [0, 0.1) is 0 Å². The lowest BCUT2D eigenvalue weighted by Gasteiger charge is -2.00. The van der Waals surface area contributed by atoms with Crippen molar-refractivity contribution in [1.29, 1.82) is 0 Å². The Morgan fingerprint density at radius 1 is 1.14 bits per heavy atom. The molecule has 104 valence electrons. The van der Waals surface area contributed by atoms with Gasteiger partial charge in [0.2, 0.25) is 0 Å². The predicted molar refractivity (Wildman–Crippen MR) is 73.2 cm³/mol. The first-order valence-corrected chi connectivity index (χ1v) is 6.36. The average molecular weight is 282 g/mol. The molecule has 4 rings (SSSR count). The van der Waals surface area contributed by atoms with Gasteiger partial charge in [-0.05, 0) is 30.3 Å². The van der Waals surface area contributed by atoms with E-state index in [4.69, 9.17) is 4.42 Å². The number of furan rings is 1. The molecule has 1 atom stereocenters. The number of hydrogen-bond acceptors (Lipinski definition) is 4. The number of carbonyl (C=O) groups excluding carboxylic acids is 2. The van der Waals surface area contributed by atoms with Crippen LogP contribution in [0.5, 0.6) is 0 Å². The molecule has 0 radical (unpaired) electrons. The fourth-order valence-corrected chi connectivity index (χ4v) is 2.40. The summed E-state index contributed by atoms with van der Waals surface area (Å²) in [5, 5.41) is 12.4. The number of imide groups is 1. The van der Waals surface area contributed by atoms with Gasteiger partial charge in [0.25, 0.3) is 5.91 Å². The number of fused-ring (bicyclic) bond motifs is 1. The second kappa shape index (κ2) is 4.20. The van der Waals surface area contributed by atoms with Crippen LogP contribution < -0.4 is 10.6 Å². The molecule has 7 heteroatoms. The Labute approximate surface area is 118 Å². The van der Waals surface area contributed by atoms with Crippen LogP contribution in [-0.4, -0.2) is 22.1 Å². The van der Waals surface area contributed by atoms with Gasteiger partial charge in [0.15, 0.2) is 6.04 Å². The molecule has 1 fully saturated rings. The summed E-state index contributed by atoms with van der Waals surface area (Å²) < 4.78 is 5.64. The Morgan fingerprint density at radius 2 is 2.05 bits per heavy atom. The van der Waals surface area contributed by atoms with Crippen molar-refractivity contribution in [3.8, 4) is 11.3 Å². The zero-order chi connectivity index (χ0) is 14.4. The molecule has 2 aromatic heterocycles. The van der Waals surface area contributed by atoms with Crippen molar-refractivity contribution in [3.63, 3.8) is 0 Å². The van der Waals surface area contributed by atoms with Crippen LogP contribution in [0.25, 0.3) is 22.2 Å². The first kappa shape index (κ1) is 11.7. The number of nitrogens with one attached hydrogen (secondary N) is 3. The molecule has 21 heavy (non-hydrogen) atoms. The number of urea groups is 1. The normalized spacial score (nSPS) is 18.0. The molecule has 0 saturated carbocycles. The summed E-state index contributed by atoms with van der Waals surface area (Å²) in [5.74, 6) is -0.000825. The minimum absolute atomic E-state index is 0.410. The Hall–Kier alpha value is -3.09. The van der Waals surface area contributed by atoms with E-state index in [1.165, 1.54) is 0 Å². The number of carbonyl (C=O) groups is 2. The molecule has 3 heterocycles. The summed E-state index contributed by atoms with van der Waals surface area (Å²) in [6.45, 7) is 0. The SMILES string of the molecule is O=C1NC(=O)[C@H](c2cc3cc(-c4cc[nH]n4)ccc3o2)N1. The number of rotatable bonds is 2. The minimum atomic E-state index is -0.779. The highest BCUT2D eigenvalue weighted by molar-refractivity contribution is 6.04. The third kappa shape index (κ3) is 1.86. The first-order valence-electron chi connectivity index (χ1n) is 6.36. The molecule has 1 saturated heterocycles. The Balaban J connectivity index is 1.76. The molecular formula is C14H10N4O3. The minimum Gasteiger partial charge on any atom is -0.458 e. The largest absolute Gasteiger partial charge is 0.458 e. The van der Waals surface area contributed by atoms with Crippen LogP contribution in [0.4, 0.5) is 4.79 Å². The lowest BCUT2D eigenvalue weighted by atomic mass is 10.1. The van der Waals surface area contributed by atoms with Gasteiger partial charge in [-0.3, -0.25) is 15.2 Å². The van der Waals surface area contributed by atoms with Gasteiger partial charge in [0, 0.05) is 17.1 Å². The molecule has 0 aliphatic carbocycles. The number of H-pyrrole nitrogens is 1. The highest BCUT2D eigenvalue weighted by Gasteiger charge is 2.33. The quantitative estimate of drug-likeness (QED) is 0.623. The maximum Gasteiger partial charge on any atom is 0.322 e. The van der Waals surface area contributed by atoms with Crippen LogP contribution >= 0.6 is 0 Å². The highest BCUT2D eigenvalue weighted by atomic mass is 16.3. The van der Waals surface area contributed by atoms with Gasteiger partial charge in [-0.2, -0.15) is 5.10 Å². The van der Waals surface area contributed by atoms with Gasteiger partial charge >= 0.3 is 6.03 Å². The summed E-state index contributed by atoms with van der Waals surface area (Å²) in [4.78, 5) is 22.8. The van der Waals surface area contributed by atoms with Crippen LogP contribution in [0.1, 0.15) is 11.8 Å². The van der Waals surface area contributed by atoms with Crippen LogP contribution in [0.2, 0.25) is 0 Å². The van der Waals surface area contributed by atoms with E-state index in [0.29, 0.717) is 11.3 Å². The van der Waals surface area contributed by atoms with E-state index in [-0.39, 0.29) is 0 Å². The van der Waals surface area contributed by atoms with Crippen molar-refractivity contribution in [3.05, 3.63) is 42.3 Å². The van der Waals surface area contributed by atoms with Crippen LogP contribution in [0.15, 0.2) is 40.9 Å². The standard InChI is InChI=1S/C14H10N4O3/c19-13-12(16-14(20)17-13)11-6-8-5-7(1-2-10(8)21-11)9-3-4-15-18-9/h1-6,12H,(H,15,18)(H2,16,17,19,20)/t12-/m0/s1. The van der Waals surface area contributed by atoms with Crippen molar-refractivity contribution in [1.82, 2.24) is 20.8 Å². The maximum absolute atomic E-state index is 11.6. The van der Waals surface area contributed by atoms with Crippen molar-refractivity contribution in [2.24, 2.45) is 0 Å². The molecule has 3 aromatic rings. The van der Waals surface area contributed by atoms with E-state index in [2.05, 4.69) is 20.8 Å². The van der Waals surface area contributed by atoms with Gasteiger partial charge in [-0.1, -0.05) is 0 Å². The molecule has 3 amide bonds. The van der Waals surface area contributed by atoms with E-state index in [0.717, 1.165) is 16.6 Å². The van der Waals surface area contributed by atoms with Gasteiger partial charge in [0.1, 0.15) is 11.3 Å².